The van der Waals surface area contributed by atoms with Crippen LogP contribution in [0.25, 0.3) is 0 Å². The minimum atomic E-state index is 0.775. The van der Waals surface area contributed by atoms with Gasteiger partial charge in [-0.3, -0.25) is 4.90 Å². The van der Waals surface area contributed by atoms with Gasteiger partial charge in [-0.1, -0.05) is 26.7 Å². The molecule has 0 amide bonds. The first-order valence-electron chi connectivity index (χ1n) is 9.15. The Morgan fingerprint density at radius 2 is 1.80 bits per heavy atom. The SMILES string of the molecule is CC(C)CNCCCC(C)N1CCC[C@H]2CCCC[C@H]21. The molecule has 0 spiro atoms. The smallest absolute Gasteiger partial charge is 0.0126 e. The summed E-state index contributed by atoms with van der Waals surface area (Å²) in [7, 11) is 0. The van der Waals surface area contributed by atoms with Gasteiger partial charge >= 0.3 is 0 Å². The molecule has 2 nitrogen and oxygen atoms in total. The summed E-state index contributed by atoms with van der Waals surface area (Å²) >= 11 is 0. The maximum Gasteiger partial charge on any atom is 0.0126 e. The van der Waals surface area contributed by atoms with E-state index in [2.05, 4.69) is 31.0 Å². The molecule has 118 valence electrons. The first-order valence-corrected chi connectivity index (χ1v) is 9.15. The molecule has 2 aliphatic rings. The van der Waals surface area contributed by atoms with Crippen LogP contribution in [0.3, 0.4) is 0 Å². The summed E-state index contributed by atoms with van der Waals surface area (Å²) in [5.41, 5.74) is 0. The normalized spacial score (nSPS) is 29.4. The second-order valence-electron chi connectivity index (χ2n) is 7.58. The van der Waals surface area contributed by atoms with Crippen molar-refractivity contribution in [1.82, 2.24) is 10.2 Å². The van der Waals surface area contributed by atoms with Gasteiger partial charge < -0.3 is 5.32 Å². The molecule has 0 bridgehead atoms. The number of fused-ring (bicyclic) bond motifs is 1. The number of nitrogens with one attached hydrogen (secondary N) is 1. The van der Waals surface area contributed by atoms with Crippen LogP contribution in [-0.2, 0) is 0 Å². The molecule has 2 heteroatoms. The van der Waals surface area contributed by atoms with E-state index < -0.39 is 0 Å². The number of nitrogens with zero attached hydrogens (tertiary/aromatic N) is 1. The Bertz CT molecular complexity index is 262. The van der Waals surface area contributed by atoms with Gasteiger partial charge in [-0.25, -0.2) is 0 Å². The van der Waals surface area contributed by atoms with Crippen molar-refractivity contribution in [3.8, 4) is 0 Å². The van der Waals surface area contributed by atoms with E-state index in [-0.39, 0.29) is 0 Å². The lowest BCUT2D eigenvalue weighted by Gasteiger charge is -2.47. The molecule has 0 aromatic heterocycles. The minimum absolute atomic E-state index is 0.775. The summed E-state index contributed by atoms with van der Waals surface area (Å²) in [5, 5.41) is 3.58. The molecule has 0 aromatic rings. The zero-order valence-electron chi connectivity index (χ0n) is 14.0. The van der Waals surface area contributed by atoms with Crippen LogP contribution in [0.4, 0.5) is 0 Å². The van der Waals surface area contributed by atoms with Crippen LogP contribution in [0.1, 0.15) is 72.1 Å². The Labute approximate surface area is 126 Å². The number of hydrogen-bond acceptors (Lipinski definition) is 2. The number of piperidine rings is 1. The molecule has 1 unspecified atom stereocenters. The molecule has 1 heterocycles. The highest BCUT2D eigenvalue weighted by Crippen LogP contribution is 2.36. The van der Waals surface area contributed by atoms with E-state index >= 15 is 0 Å². The van der Waals surface area contributed by atoms with Crippen LogP contribution in [-0.4, -0.2) is 36.6 Å². The first-order chi connectivity index (χ1) is 9.68. The van der Waals surface area contributed by atoms with Crippen LogP contribution in [0.5, 0.6) is 0 Å². The maximum absolute atomic E-state index is 3.58. The van der Waals surface area contributed by atoms with E-state index in [0.29, 0.717) is 0 Å². The lowest BCUT2D eigenvalue weighted by molar-refractivity contribution is 0.0282. The molecule has 0 aromatic carbocycles. The van der Waals surface area contributed by atoms with Gasteiger partial charge in [0, 0.05) is 12.1 Å². The Morgan fingerprint density at radius 3 is 2.60 bits per heavy atom. The van der Waals surface area contributed by atoms with Crippen LogP contribution in [0.2, 0.25) is 0 Å². The lowest BCUT2D eigenvalue weighted by Crippen LogP contribution is -2.50. The highest BCUT2D eigenvalue weighted by Gasteiger charge is 2.34. The number of likely N-dealkylation sites (tertiary alicyclic amines) is 1. The number of rotatable bonds is 7. The fourth-order valence-corrected chi connectivity index (χ4v) is 4.29. The summed E-state index contributed by atoms with van der Waals surface area (Å²) in [6, 6.07) is 1.72. The molecule has 1 N–H and O–H groups in total. The van der Waals surface area contributed by atoms with Crippen LogP contribution >= 0.6 is 0 Å². The largest absolute Gasteiger partial charge is 0.316 e. The van der Waals surface area contributed by atoms with Gasteiger partial charge in [0.15, 0.2) is 0 Å². The van der Waals surface area contributed by atoms with Gasteiger partial charge in [0.1, 0.15) is 0 Å². The average molecular weight is 280 g/mol. The van der Waals surface area contributed by atoms with Gasteiger partial charge in [0.05, 0.1) is 0 Å². The Morgan fingerprint density at radius 1 is 1.05 bits per heavy atom. The topological polar surface area (TPSA) is 15.3 Å². The molecule has 2 rings (SSSR count). The molecule has 1 aliphatic carbocycles. The zero-order valence-corrected chi connectivity index (χ0v) is 14.0. The fraction of sp³-hybridized carbons (Fsp3) is 1.00. The third-order valence-corrected chi connectivity index (χ3v) is 5.38. The third kappa shape index (κ3) is 4.73. The van der Waals surface area contributed by atoms with E-state index in [1.807, 2.05) is 0 Å². The quantitative estimate of drug-likeness (QED) is 0.708. The summed E-state index contributed by atoms with van der Waals surface area (Å²) in [5.74, 6) is 1.80. The molecular formula is C18H36N2. The third-order valence-electron chi connectivity index (χ3n) is 5.38. The molecule has 1 saturated carbocycles. The predicted molar refractivity (Wildman–Crippen MR) is 88.1 cm³/mol. The van der Waals surface area contributed by atoms with Crippen molar-refractivity contribution in [3.63, 3.8) is 0 Å². The van der Waals surface area contributed by atoms with Crippen molar-refractivity contribution in [3.05, 3.63) is 0 Å². The second-order valence-corrected chi connectivity index (χ2v) is 7.58. The number of hydrogen-bond donors (Lipinski definition) is 1. The lowest BCUT2D eigenvalue weighted by atomic mass is 9.77. The average Bonchev–Trinajstić information content (AvgIpc) is 2.45. The molecule has 0 radical (unpaired) electrons. The van der Waals surface area contributed by atoms with Gasteiger partial charge in [0.25, 0.3) is 0 Å². The summed E-state index contributed by atoms with van der Waals surface area (Å²) in [6.45, 7) is 10.8. The predicted octanol–water partition coefficient (Wildman–Crippen LogP) is 4.06. The van der Waals surface area contributed by atoms with Crippen LogP contribution in [0.15, 0.2) is 0 Å². The Balaban J connectivity index is 1.69. The van der Waals surface area contributed by atoms with E-state index in [1.54, 1.807) is 0 Å². The van der Waals surface area contributed by atoms with Gasteiger partial charge in [0.2, 0.25) is 0 Å². The molecular weight excluding hydrogens is 244 g/mol. The molecule has 3 atom stereocenters. The van der Waals surface area contributed by atoms with Crippen molar-refractivity contribution in [2.45, 2.75) is 84.2 Å². The van der Waals surface area contributed by atoms with Crippen LogP contribution in [0, 0.1) is 11.8 Å². The van der Waals surface area contributed by atoms with Crippen molar-refractivity contribution in [1.29, 1.82) is 0 Å². The molecule has 2 fully saturated rings. The van der Waals surface area contributed by atoms with Gasteiger partial charge in [-0.05, 0) is 76.9 Å². The molecule has 1 aliphatic heterocycles. The van der Waals surface area contributed by atoms with Crippen LogP contribution < -0.4 is 5.32 Å². The Kier molecular flexibility index (Phi) is 6.83. The molecule has 1 saturated heterocycles. The van der Waals surface area contributed by atoms with Crippen molar-refractivity contribution in [2.24, 2.45) is 11.8 Å². The molecule has 20 heavy (non-hydrogen) atoms. The highest BCUT2D eigenvalue weighted by molar-refractivity contribution is 4.89. The van der Waals surface area contributed by atoms with E-state index in [9.17, 15) is 0 Å². The van der Waals surface area contributed by atoms with E-state index in [1.165, 1.54) is 71.0 Å². The van der Waals surface area contributed by atoms with E-state index in [0.717, 1.165) is 23.9 Å². The zero-order chi connectivity index (χ0) is 14.4. The summed E-state index contributed by atoms with van der Waals surface area (Å²) in [4.78, 5) is 2.87. The maximum atomic E-state index is 3.58. The van der Waals surface area contributed by atoms with Crippen molar-refractivity contribution in [2.75, 3.05) is 19.6 Å². The first kappa shape index (κ1) is 16.3. The van der Waals surface area contributed by atoms with Crippen molar-refractivity contribution < 1.29 is 0 Å². The fourth-order valence-electron chi connectivity index (χ4n) is 4.29. The van der Waals surface area contributed by atoms with Gasteiger partial charge in [-0.2, -0.15) is 0 Å². The standard InChI is InChI=1S/C18H36N2/c1-15(2)14-19-12-6-8-16(3)20-13-7-10-17-9-4-5-11-18(17)20/h15-19H,4-14H2,1-3H3/t16?,17-,18-/m1/s1. The van der Waals surface area contributed by atoms with Gasteiger partial charge in [-0.15, -0.1) is 0 Å². The monoisotopic (exact) mass is 280 g/mol. The van der Waals surface area contributed by atoms with Crippen molar-refractivity contribution >= 4 is 0 Å². The van der Waals surface area contributed by atoms with E-state index in [4.69, 9.17) is 0 Å². The minimum Gasteiger partial charge on any atom is -0.316 e. The highest BCUT2D eigenvalue weighted by atomic mass is 15.2. The summed E-state index contributed by atoms with van der Waals surface area (Å²) < 4.78 is 0. The Hall–Kier alpha value is -0.0800. The second kappa shape index (κ2) is 8.38. The summed E-state index contributed by atoms with van der Waals surface area (Å²) in [6.07, 6.45) is 11.6.